The van der Waals surface area contributed by atoms with Crippen LogP contribution in [0.25, 0.3) is 0 Å². The Balaban J connectivity index is 4.31. The van der Waals surface area contributed by atoms with Crippen LogP contribution in [0, 0.1) is 0 Å². The van der Waals surface area contributed by atoms with Crippen molar-refractivity contribution in [2.45, 2.75) is 13.8 Å². The van der Waals surface area contributed by atoms with Crippen molar-refractivity contribution in [2.75, 3.05) is 0 Å². The first kappa shape index (κ1) is 9.36. The molecular weight excluding hydrogens is 198 g/mol. The Kier molecular flexibility index (Phi) is 3.95. The molecule has 0 atom stereocenters. The maximum atomic E-state index is 10.2. The molecule has 0 aliphatic carbocycles. The Hall–Kier alpha value is -0.640. The van der Waals surface area contributed by atoms with Crippen molar-refractivity contribution in [1.29, 1.82) is 0 Å². The summed E-state index contributed by atoms with van der Waals surface area (Å²) < 4.78 is 0.535. The molecule has 10 heavy (non-hydrogen) atoms. The second kappa shape index (κ2) is 4.22. The van der Waals surface area contributed by atoms with Crippen molar-refractivity contribution in [1.82, 2.24) is 0 Å². The van der Waals surface area contributed by atoms with Crippen LogP contribution >= 0.6 is 15.9 Å². The summed E-state index contributed by atoms with van der Waals surface area (Å²) in [5.41, 5.74) is 0.0741. The first-order valence-corrected chi connectivity index (χ1v) is 3.47. The summed E-state index contributed by atoms with van der Waals surface area (Å²) in [6.07, 6.45) is 1.67. The highest BCUT2D eigenvalue weighted by Gasteiger charge is 2.00. The van der Waals surface area contributed by atoms with E-state index in [1.165, 1.54) is 6.92 Å². The molecule has 0 saturated heterocycles. The van der Waals surface area contributed by atoms with Gasteiger partial charge >= 0.3 is 5.97 Å². The van der Waals surface area contributed by atoms with E-state index in [0.717, 1.165) is 0 Å². The first-order chi connectivity index (χ1) is 4.57. The molecular formula is C6H8BrNO2. The number of rotatable bonds is 2. The summed E-state index contributed by atoms with van der Waals surface area (Å²) in [5.74, 6) is -1.00. The lowest BCUT2D eigenvalue weighted by atomic mass is 10.4. The van der Waals surface area contributed by atoms with Gasteiger partial charge in [0.25, 0.3) is 0 Å². The van der Waals surface area contributed by atoms with Crippen molar-refractivity contribution < 1.29 is 9.90 Å². The third-order valence-corrected chi connectivity index (χ3v) is 1.46. The van der Waals surface area contributed by atoms with Gasteiger partial charge in [-0.15, -0.1) is 0 Å². The fourth-order valence-electron chi connectivity index (χ4n) is 0.273. The maximum absolute atomic E-state index is 10.2. The number of hydrogen-bond donors (Lipinski definition) is 1. The van der Waals surface area contributed by atoms with E-state index in [1.54, 1.807) is 13.0 Å². The van der Waals surface area contributed by atoms with Crippen LogP contribution < -0.4 is 0 Å². The second-order valence-electron chi connectivity index (χ2n) is 1.61. The number of allylic oxidation sites excluding steroid dienone is 1. The number of aliphatic carboxylic acids is 1. The van der Waals surface area contributed by atoms with Crippen molar-refractivity contribution in [2.24, 2.45) is 4.99 Å². The normalized spacial score (nSPS) is 13.5. The highest BCUT2D eigenvalue weighted by molar-refractivity contribution is 9.11. The molecule has 0 aromatic rings. The van der Waals surface area contributed by atoms with Crippen molar-refractivity contribution in [3.63, 3.8) is 0 Å². The molecule has 0 aromatic heterocycles. The van der Waals surface area contributed by atoms with E-state index in [-0.39, 0.29) is 5.71 Å². The number of carboxylic acids is 1. The first-order valence-electron chi connectivity index (χ1n) is 2.68. The molecule has 0 radical (unpaired) electrons. The number of hydrogen-bond acceptors (Lipinski definition) is 2. The summed E-state index contributed by atoms with van der Waals surface area (Å²) >= 11 is 3.06. The Morgan fingerprint density at radius 3 is 2.50 bits per heavy atom. The van der Waals surface area contributed by atoms with E-state index in [0.29, 0.717) is 4.61 Å². The Morgan fingerprint density at radius 2 is 2.20 bits per heavy atom. The minimum absolute atomic E-state index is 0.0741. The molecule has 0 spiro atoms. The molecule has 0 saturated carbocycles. The molecule has 0 amide bonds. The summed E-state index contributed by atoms with van der Waals surface area (Å²) in [7, 11) is 0. The van der Waals surface area contributed by atoms with Gasteiger partial charge in [0.1, 0.15) is 10.3 Å². The molecule has 0 aromatic carbocycles. The van der Waals surface area contributed by atoms with E-state index in [9.17, 15) is 4.79 Å². The summed E-state index contributed by atoms with van der Waals surface area (Å²) in [4.78, 5) is 13.9. The lowest BCUT2D eigenvalue weighted by Crippen LogP contribution is -2.07. The summed E-state index contributed by atoms with van der Waals surface area (Å²) in [5, 5.41) is 8.35. The number of carbonyl (C=O) groups is 1. The van der Waals surface area contributed by atoms with Gasteiger partial charge in [-0.2, -0.15) is 0 Å². The standard InChI is InChI=1S/C6H8BrNO2/c1-3-5(7)8-4(2)6(9)10/h3H,1-2H3,(H,9,10)/b5-3-,8-4+. The minimum Gasteiger partial charge on any atom is -0.477 e. The molecule has 0 fully saturated rings. The van der Waals surface area contributed by atoms with Crippen LogP contribution in [0.5, 0.6) is 0 Å². The van der Waals surface area contributed by atoms with Gasteiger partial charge in [-0.3, -0.25) is 0 Å². The molecule has 56 valence electrons. The number of nitrogens with zero attached hydrogens (tertiary/aromatic N) is 1. The van der Waals surface area contributed by atoms with Crippen LogP contribution in [-0.2, 0) is 4.79 Å². The van der Waals surface area contributed by atoms with E-state index < -0.39 is 5.97 Å². The van der Waals surface area contributed by atoms with Gasteiger partial charge in [0.2, 0.25) is 0 Å². The van der Waals surface area contributed by atoms with Gasteiger partial charge in [-0.1, -0.05) is 6.08 Å². The summed E-state index contributed by atoms with van der Waals surface area (Å²) in [6, 6.07) is 0. The predicted octanol–water partition coefficient (Wildman–Crippen LogP) is 1.79. The van der Waals surface area contributed by atoms with Gasteiger partial charge in [-0.25, -0.2) is 9.79 Å². The van der Waals surface area contributed by atoms with Crippen LogP contribution in [0.3, 0.4) is 0 Å². The van der Waals surface area contributed by atoms with Crippen LogP contribution in [-0.4, -0.2) is 16.8 Å². The van der Waals surface area contributed by atoms with Crippen molar-refractivity contribution in [3.05, 3.63) is 10.7 Å². The van der Waals surface area contributed by atoms with E-state index in [4.69, 9.17) is 5.11 Å². The van der Waals surface area contributed by atoms with Gasteiger partial charge in [0.15, 0.2) is 0 Å². The fourth-order valence-corrected chi connectivity index (χ4v) is 0.539. The average molecular weight is 206 g/mol. The summed E-state index contributed by atoms with van der Waals surface area (Å²) in [6.45, 7) is 3.20. The molecule has 1 N–H and O–H groups in total. The Morgan fingerprint density at radius 1 is 1.70 bits per heavy atom. The molecule has 0 bridgehead atoms. The van der Waals surface area contributed by atoms with Crippen molar-refractivity contribution in [3.8, 4) is 0 Å². The zero-order valence-corrected chi connectivity index (χ0v) is 7.34. The van der Waals surface area contributed by atoms with Crippen molar-refractivity contribution >= 4 is 27.6 Å². The van der Waals surface area contributed by atoms with Gasteiger partial charge in [-0.05, 0) is 29.8 Å². The van der Waals surface area contributed by atoms with Gasteiger partial charge in [0.05, 0.1) is 0 Å². The third kappa shape index (κ3) is 3.40. The number of halogens is 1. The monoisotopic (exact) mass is 205 g/mol. The zero-order valence-electron chi connectivity index (χ0n) is 5.76. The lowest BCUT2D eigenvalue weighted by molar-refractivity contribution is -0.129. The third-order valence-electron chi connectivity index (χ3n) is 0.822. The Bertz CT molecular complexity index is 196. The minimum atomic E-state index is -1.00. The SMILES string of the molecule is C/C=C(Br)\N=C(/C)C(=O)O. The van der Waals surface area contributed by atoms with Crippen LogP contribution in [0.4, 0.5) is 0 Å². The number of aliphatic imine (C=N–C) groups is 1. The topological polar surface area (TPSA) is 49.7 Å². The molecule has 0 aliphatic rings. The molecule has 0 aliphatic heterocycles. The predicted molar refractivity (Wildman–Crippen MR) is 43.4 cm³/mol. The van der Waals surface area contributed by atoms with Crippen LogP contribution in [0.2, 0.25) is 0 Å². The highest BCUT2D eigenvalue weighted by atomic mass is 79.9. The zero-order chi connectivity index (χ0) is 8.15. The van der Waals surface area contributed by atoms with E-state index in [2.05, 4.69) is 20.9 Å². The van der Waals surface area contributed by atoms with Crippen LogP contribution in [0.15, 0.2) is 15.7 Å². The quantitative estimate of drug-likeness (QED) is 0.553. The molecule has 0 heterocycles. The molecule has 3 nitrogen and oxygen atoms in total. The maximum Gasteiger partial charge on any atom is 0.349 e. The van der Waals surface area contributed by atoms with E-state index in [1.807, 2.05) is 0 Å². The van der Waals surface area contributed by atoms with Gasteiger partial charge < -0.3 is 5.11 Å². The largest absolute Gasteiger partial charge is 0.477 e. The molecule has 4 heteroatoms. The van der Waals surface area contributed by atoms with Crippen LogP contribution in [0.1, 0.15) is 13.8 Å². The smallest absolute Gasteiger partial charge is 0.349 e. The number of carboxylic acid groups (broad SMARTS) is 1. The second-order valence-corrected chi connectivity index (χ2v) is 2.43. The highest BCUT2D eigenvalue weighted by Crippen LogP contribution is 2.05. The van der Waals surface area contributed by atoms with Gasteiger partial charge in [0, 0.05) is 0 Å². The molecule has 0 unspecified atom stereocenters. The average Bonchev–Trinajstić information content (AvgIpc) is 1.87. The fraction of sp³-hybridized carbons (Fsp3) is 0.333. The molecule has 0 rings (SSSR count). The Labute approximate surface area is 67.6 Å². The van der Waals surface area contributed by atoms with E-state index >= 15 is 0 Å². The lowest BCUT2D eigenvalue weighted by Gasteiger charge is -1.90.